The van der Waals surface area contributed by atoms with Crippen molar-refractivity contribution in [2.24, 2.45) is 5.10 Å². The molecular formula is C18H15BrN2O3. The molecule has 0 aromatic heterocycles. The standard InChI is InChI=1S/C18H15BrN2O3/c1-2-11-23-17-6-4-3-5-14(17)12-20-21-18(22)13-24-16-9-7-15(19)8-10-16/h1,3-10,12H,11,13H2,(H,21,22)/b20-12-. The van der Waals surface area contributed by atoms with E-state index in [9.17, 15) is 4.79 Å². The lowest BCUT2D eigenvalue weighted by atomic mass is 10.2. The first-order chi connectivity index (χ1) is 11.7. The molecule has 0 spiro atoms. The average molecular weight is 387 g/mol. The Morgan fingerprint density at radius 3 is 2.71 bits per heavy atom. The molecule has 0 saturated carbocycles. The summed E-state index contributed by atoms with van der Waals surface area (Å²) in [5.74, 6) is 3.23. The summed E-state index contributed by atoms with van der Waals surface area (Å²) in [6.45, 7) is 0.0342. The van der Waals surface area contributed by atoms with Gasteiger partial charge in [0.2, 0.25) is 0 Å². The van der Waals surface area contributed by atoms with Crippen molar-refractivity contribution in [3.8, 4) is 23.8 Å². The average Bonchev–Trinajstić information content (AvgIpc) is 2.60. The van der Waals surface area contributed by atoms with Crippen LogP contribution in [0.4, 0.5) is 0 Å². The second kappa shape index (κ2) is 9.38. The number of rotatable bonds is 7. The molecule has 0 saturated heterocycles. The van der Waals surface area contributed by atoms with Crippen LogP contribution in [0.25, 0.3) is 0 Å². The Morgan fingerprint density at radius 2 is 1.96 bits per heavy atom. The lowest BCUT2D eigenvalue weighted by Gasteiger charge is -2.06. The number of halogens is 1. The first-order valence-electron chi connectivity index (χ1n) is 7.04. The summed E-state index contributed by atoms with van der Waals surface area (Å²) in [7, 11) is 0. The van der Waals surface area contributed by atoms with Gasteiger partial charge < -0.3 is 9.47 Å². The van der Waals surface area contributed by atoms with Crippen LogP contribution in [0.15, 0.2) is 58.1 Å². The second-order valence-corrected chi connectivity index (χ2v) is 5.48. The zero-order valence-electron chi connectivity index (χ0n) is 12.7. The van der Waals surface area contributed by atoms with E-state index < -0.39 is 0 Å². The molecule has 2 aromatic rings. The Bertz CT molecular complexity index is 752. The number of hydrogen-bond donors (Lipinski definition) is 1. The van der Waals surface area contributed by atoms with E-state index in [0.29, 0.717) is 17.1 Å². The van der Waals surface area contributed by atoms with Gasteiger partial charge in [-0.1, -0.05) is 34.0 Å². The topological polar surface area (TPSA) is 59.9 Å². The van der Waals surface area contributed by atoms with E-state index in [-0.39, 0.29) is 19.1 Å². The van der Waals surface area contributed by atoms with Gasteiger partial charge in [0.25, 0.3) is 5.91 Å². The highest BCUT2D eigenvalue weighted by Crippen LogP contribution is 2.16. The highest BCUT2D eigenvalue weighted by atomic mass is 79.9. The Balaban J connectivity index is 1.84. The van der Waals surface area contributed by atoms with Gasteiger partial charge in [0.05, 0.1) is 6.21 Å². The molecule has 2 rings (SSSR count). The summed E-state index contributed by atoms with van der Waals surface area (Å²) in [6, 6.07) is 14.4. The van der Waals surface area contributed by atoms with Crippen molar-refractivity contribution in [3.63, 3.8) is 0 Å². The highest BCUT2D eigenvalue weighted by Gasteiger charge is 2.02. The fourth-order valence-corrected chi connectivity index (χ4v) is 1.99. The van der Waals surface area contributed by atoms with E-state index in [1.165, 1.54) is 6.21 Å². The van der Waals surface area contributed by atoms with Crippen LogP contribution in [0.3, 0.4) is 0 Å². The van der Waals surface area contributed by atoms with Crippen LogP contribution in [0.5, 0.6) is 11.5 Å². The third-order valence-electron chi connectivity index (χ3n) is 2.81. The van der Waals surface area contributed by atoms with E-state index >= 15 is 0 Å². The summed E-state index contributed by atoms with van der Waals surface area (Å²) in [5.41, 5.74) is 3.11. The number of benzene rings is 2. The summed E-state index contributed by atoms with van der Waals surface area (Å²) in [6.07, 6.45) is 6.66. The monoisotopic (exact) mass is 386 g/mol. The minimum atomic E-state index is -0.365. The van der Waals surface area contributed by atoms with Crippen LogP contribution in [-0.4, -0.2) is 25.3 Å². The molecule has 0 heterocycles. The van der Waals surface area contributed by atoms with Crippen LogP contribution in [0.2, 0.25) is 0 Å². The molecule has 0 bridgehead atoms. The molecule has 0 fully saturated rings. The summed E-state index contributed by atoms with van der Waals surface area (Å²) in [4.78, 5) is 11.7. The van der Waals surface area contributed by atoms with Crippen molar-refractivity contribution in [2.45, 2.75) is 0 Å². The number of carbonyl (C=O) groups excluding carboxylic acids is 1. The van der Waals surface area contributed by atoms with E-state index in [2.05, 4.69) is 32.4 Å². The zero-order valence-corrected chi connectivity index (χ0v) is 14.3. The van der Waals surface area contributed by atoms with E-state index in [1.807, 2.05) is 24.3 Å². The fourth-order valence-electron chi connectivity index (χ4n) is 1.72. The quantitative estimate of drug-likeness (QED) is 0.452. The smallest absolute Gasteiger partial charge is 0.277 e. The van der Waals surface area contributed by atoms with E-state index in [1.54, 1.807) is 24.3 Å². The third-order valence-corrected chi connectivity index (χ3v) is 3.34. The Morgan fingerprint density at radius 1 is 1.21 bits per heavy atom. The molecule has 2 aromatic carbocycles. The third kappa shape index (κ3) is 5.78. The van der Waals surface area contributed by atoms with Crippen molar-refractivity contribution in [1.82, 2.24) is 5.43 Å². The van der Waals surface area contributed by atoms with Gasteiger partial charge in [-0.15, -0.1) is 6.42 Å². The molecule has 1 amide bonds. The van der Waals surface area contributed by atoms with Gasteiger partial charge in [-0.2, -0.15) is 5.10 Å². The van der Waals surface area contributed by atoms with E-state index in [0.717, 1.165) is 4.47 Å². The Labute approximate surface area is 148 Å². The van der Waals surface area contributed by atoms with Crippen molar-refractivity contribution in [3.05, 3.63) is 58.6 Å². The largest absolute Gasteiger partial charge is 0.484 e. The van der Waals surface area contributed by atoms with Gasteiger partial charge in [-0.05, 0) is 36.4 Å². The van der Waals surface area contributed by atoms with Gasteiger partial charge in [-0.3, -0.25) is 4.79 Å². The van der Waals surface area contributed by atoms with Crippen LogP contribution in [0, 0.1) is 12.3 Å². The maximum atomic E-state index is 11.7. The normalized spacial score (nSPS) is 10.2. The van der Waals surface area contributed by atoms with Crippen LogP contribution < -0.4 is 14.9 Å². The lowest BCUT2D eigenvalue weighted by molar-refractivity contribution is -0.123. The number of hydrogen-bond acceptors (Lipinski definition) is 4. The molecule has 24 heavy (non-hydrogen) atoms. The van der Waals surface area contributed by atoms with Gasteiger partial charge in [0, 0.05) is 10.0 Å². The molecule has 0 unspecified atom stereocenters. The molecule has 1 N–H and O–H groups in total. The van der Waals surface area contributed by atoms with Crippen LogP contribution in [-0.2, 0) is 4.79 Å². The number of nitrogens with one attached hydrogen (secondary N) is 1. The molecule has 5 nitrogen and oxygen atoms in total. The molecule has 0 aliphatic carbocycles. The maximum Gasteiger partial charge on any atom is 0.277 e. The number of hydrazone groups is 1. The number of amides is 1. The first-order valence-corrected chi connectivity index (χ1v) is 7.84. The Kier molecular flexibility index (Phi) is 6.87. The van der Waals surface area contributed by atoms with Gasteiger partial charge in [0.15, 0.2) is 6.61 Å². The zero-order chi connectivity index (χ0) is 17.2. The summed E-state index contributed by atoms with van der Waals surface area (Å²) >= 11 is 3.33. The number of ether oxygens (including phenoxy) is 2. The SMILES string of the molecule is C#CCOc1ccccc1/C=N\NC(=O)COc1ccc(Br)cc1. The number of para-hydroxylation sites is 1. The highest BCUT2D eigenvalue weighted by molar-refractivity contribution is 9.10. The molecule has 0 atom stereocenters. The molecule has 0 aliphatic rings. The molecule has 0 radical (unpaired) electrons. The molecular weight excluding hydrogens is 372 g/mol. The van der Waals surface area contributed by atoms with Crippen molar-refractivity contribution in [2.75, 3.05) is 13.2 Å². The van der Waals surface area contributed by atoms with Crippen molar-refractivity contribution < 1.29 is 14.3 Å². The predicted octanol–water partition coefficient (Wildman–Crippen LogP) is 2.99. The maximum absolute atomic E-state index is 11.7. The van der Waals surface area contributed by atoms with Crippen LogP contribution in [0.1, 0.15) is 5.56 Å². The number of terminal acetylenes is 1. The fraction of sp³-hybridized carbons (Fsp3) is 0.111. The van der Waals surface area contributed by atoms with Gasteiger partial charge in [-0.25, -0.2) is 5.43 Å². The van der Waals surface area contributed by atoms with Crippen molar-refractivity contribution in [1.29, 1.82) is 0 Å². The second-order valence-electron chi connectivity index (χ2n) is 4.57. The lowest BCUT2D eigenvalue weighted by Crippen LogP contribution is -2.24. The van der Waals surface area contributed by atoms with E-state index in [4.69, 9.17) is 15.9 Å². The predicted molar refractivity (Wildman–Crippen MR) is 96.1 cm³/mol. The minimum absolute atomic E-state index is 0.131. The summed E-state index contributed by atoms with van der Waals surface area (Å²) < 4.78 is 11.7. The number of nitrogens with zero attached hydrogens (tertiary/aromatic N) is 1. The van der Waals surface area contributed by atoms with Gasteiger partial charge >= 0.3 is 0 Å². The Hall–Kier alpha value is -2.78. The minimum Gasteiger partial charge on any atom is -0.484 e. The van der Waals surface area contributed by atoms with Crippen LogP contribution >= 0.6 is 15.9 Å². The molecule has 0 aliphatic heterocycles. The molecule has 6 heteroatoms. The number of carbonyl (C=O) groups is 1. The molecule has 122 valence electrons. The first kappa shape index (κ1) is 17.6. The van der Waals surface area contributed by atoms with Crippen molar-refractivity contribution >= 4 is 28.1 Å². The van der Waals surface area contributed by atoms with Gasteiger partial charge in [0.1, 0.15) is 18.1 Å². The summed E-state index contributed by atoms with van der Waals surface area (Å²) in [5, 5.41) is 3.89.